The predicted octanol–water partition coefficient (Wildman–Crippen LogP) is 6.49. The summed E-state index contributed by atoms with van der Waals surface area (Å²) in [4.78, 5) is 0. The first kappa shape index (κ1) is 16.2. The van der Waals surface area contributed by atoms with Crippen LogP contribution in [0.2, 0.25) is 0 Å². The highest BCUT2D eigenvalue weighted by molar-refractivity contribution is 14.2. The Morgan fingerprint density at radius 2 is 2.00 bits per heavy atom. The van der Waals surface area contributed by atoms with Gasteiger partial charge in [0.15, 0.2) is 0 Å². The number of unbranched alkanes of at least 4 members (excludes halogenated alkanes) is 4. The molecule has 2 aliphatic rings. The lowest BCUT2D eigenvalue weighted by molar-refractivity contribution is 0.626. The van der Waals surface area contributed by atoms with Crippen LogP contribution in [0.3, 0.4) is 0 Å². The highest BCUT2D eigenvalue weighted by Gasteiger charge is 2.19. The average Bonchev–Trinajstić information content (AvgIpc) is 2.91. The molecule has 0 aromatic carbocycles. The summed E-state index contributed by atoms with van der Waals surface area (Å²) in [6, 6.07) is 0. The molecule has 1 heterocycles. The zero-order valence-corrected chi connectivity index (χ0v) is 15.3. The van der Waals surface area contributed by atoms with E-state index in [9.17, 15) is 0 Å². The molecule has 0 aromatic rings. The molecule has 1 heteroatoms. The molecule has 0 fully saturated rings. The number of rotatable bonds is 8. The summed E-state index contributed by atoms with van der Waals surface area (Å²) >= 11 is 0.238. The lowest BCUT2D eigenvalue weighted by Gasteiger charge is -2.10. The highest BCUT2D eigenvalue weighted by atomic mass is 127. The van der Waals surface area contributed by atoms with Gasteiger partial charge in [-0.2, -0.15) is 0 Å². The van der Waals surface area contributed by atoms with Gasteiger partial charge in [-0.3, -0.25) is 0 Å². The van der Waals surface area contributed by atoms with Gasteiger partial charge >= 0.3 is 0 Å². The van der Waals surface area contributed by atoms with Crippen LogP contribution in [0.15, 0.2) is 35.5 Å². The number of allylic oxidation sites excluding steroid dienone is 6. The molecule has 0 spiro atoms. The van der Waals surface area contributed by atoms with Gasteiger partial charge in [-0.15, -0.1) is 20.7 Å². The average molecular weight is 384 g/mol. The fourth-order valence-corrected chi connectivity index (χ4v) is 6.53. The third kappa shape index (κ3) is 4.68. The quantitative estimate of drug-likeness (QED) is 0.255. The predicted molar refractivity (Wildman–Crippen MR) is 101 cm³/mol. The van der Waals surface area contributed by atoms with Crippen molar-refractivity contribution < 1.29 is 0 Å². The Balaban J connectivity index is 1.88. The van der Waals surface area contributed by atoms with Crippen LogP contribution < -0.4 is 0 Å². The lowest BCUT2D eigenvalue weighted by Crippen LogP contribution is -1.99. The van der Waals surface area contributed by atoms with Crippen LogP contribution in [-0.2, 0) is 0 Å². The SMILES string of the molecule is CCCCCCCC1=CC(C2=CC=CCC2)=I[C@@H]1CC. The molecule has 0 radical (unpaired) electrons. The third-order valence-electron chi connectivity index (χ3n) is 4.21. The molecular weight excluding hydrogens is 355 g/mol. The van der Waals surface area contributed by atoms with E-state index in [0.29, 0.717) is 0 Å². The van der Waals surface area contributed by atoms with Crippen molar-refractivity contribution in [1.29, 1.82) is 0 Å². The number of alkyl halides is 1. The van der Waals surface area contributed by atoms with E-state index in [1.54, 1.807) is 14.7 Å². The summed E-state index contributed by atoms with van der Waals surface area (Å²) in [5.74, 6) is 0. The standard InChI is InChI=1S/C19H29I/c1-3-5-6-7-9-14-17-15-19(20-18(17)4-2)16-12-10-8-11-13-16/h8,10,12,15,18H,3-7,9,11,13-14H2,1-2H3/t18-/m1/s1. The second-order valence-corrected chi connectivity index (χ2v) is 9.16. The summed E-state index contributed by atoms with van der Waals surface area (Å²) in [5.41, 5.74) is 3.45. The zero-order chi connectivity index (χ0) is 14.2. The molecule has 0 bridgehead atoms. The van der Waals surface area contributed by atoms with Crippen LogP contribution >= 0.6 is 20.7 Å². The minimum atomic E-state index is 0.238. The van der Waals surface area contributed by atoms with Gasteiger partial charge in [0.1, 0.15) is 0 Å². The second-order valence-electron chi connectivity index (χ2n) is 5.88. The van der Waals surface area contributed by atoms with E-state index >= 15 is 0 Å². The summed E-state index contributed by atoms with van der Waals surface area (Å²) < 4.78 is 2.70. The van der Waals surface area contributed by atoms with Gasteiger partial charge in [0.2, 0.25) is 0 Å². The maximum atomic E-state index is 2.60. The second kappa shape index (κ2) is 8.96. The van der Waals surface area contributed by atoms with Crippen molar-refractivity contribution in [3.8, 4) is 0 Å². The van der Waals surface area contributed by atoms with E-state index < -0.39 is 0 Å². The van der Waals surface area contributed by atoms with E-state index in [2.05, 4.69) is 38.2 Å². The minimum absolute atomic E-state index is 0.238. The normalized spacial score (nSPS) is 22.1. The van der Waals surface area contributed by atoms with Crippen molar-refractivity contribution in [2.75, 3.05) is 0 Å². The van der Waals surface area contributed by atoms with Gasteiger partial charge in [0.25, 0.3) is 0 Å². The van der Waals surface area contributed by atoms with Crippen molar-refractivity contribution >= 4 is 24.2 Å². The molecule has 112 valence electrons. The Morgan fingerprint density at radius 1 is 1.15 bits per heavy atom. The van der Waals surface area contributed by atoms with Gasteiger partial charge in [-0.05, 0) is 43.8 Å². The monoisotopic (exact) mass is 384 g/mol. The first-order valence-corrected chi connectivity index (χ1v) is 10.7. The van der Waals surface area contributed by atoms with Gasteiger partial charge in [0, 0.05) is 7.43 Å². The Hall–Kier alpha value is -0.180. The molecule has 1 aliphatic heterocycles. The first-order chi connectivity index (χ1) is 9.85. The number of hydrogen-bond donors (Lipinski definition) is 0. The molecule has 0 N–H and O–H groups in total. The minimum Gasteiger partial charge on any atom is -0.106 e. The molecule has 20 heavy (non-hydrogen) atoms. The molecule has 0 amide bonds. The van der Waals surface area contributed by atoms with E-state index in [4.69, 9.17) is 0 Å². The first-order valence-electron chi connectivity index (χ1n) is 8.42. The Kier molecular flexibility index (Phi) is 7.26. The molecule has 1 atom stereocenters. The molecule has 0 saturated heterocycles. The van der Waals surface area contributed by atoms with Gasteiger partial charge in [0.05, 0.1) is 0 Å². The number of hydrogen-bond acceptors (Lipinski definition) is 0. The van der Waals surface area contributed by atoms with Crippen LogP contribution in [0.4, 0.5) is 0 Å². The summed E-state index contributed by atoms with van der Waals surface area (Å²) in [7, 11) is 0. The zero-order valence-electron chi connectivity index (χ0n) is 13.1. The van der Waals surface area contributed by atoms with Gasteiger partial charge in [-0.25, -0.2) is 0 Å². The van der Waals surface area contributed by atoms with Crippen LogP contribution in [-0.4, -0.2) is 7.43 Å². The van der Waals surface area contributed by atoms with Crippen LogP contribution in [0.1, 0.15) is 71.6 Å². The van der Waals surface area contributed by atoms with Crippen molar-refractivity contribution in [3.63, 3.8) is 0 Å². The lowest BCUT2D eigenvalue weighted by atomic mass is 9.97. The fourth-order valence-electron chi connectivity index (χ4n) is 2.96. The van der Waals surface area contributed by atoms with Crippen molar-refractivity contribution in [1.82, 2.24) is 0 Å². The van der Waals surface area contributed by atoms with E-state index in [1.165, 1.54) is 57.8 Å². The largest absolute Gasteiger partial charge is 0.106 e. The van der Waals surface area contributed by atoms with Crippen LogP contribution in [0.25, 0.3) is 0 Å². The third-order valence-corrected chi connectivity index (χ3v) is 8.32. The summed E-state index contributed by atoms with van der Waals surface area (Å²) in [5, 5.41) is 0. The highest BCUT2D eigenvalue weighted by Crippen LogP contribution is 2.36. The molecule has 0 nitrogen and oxygen atoms in total. The topological polar surface area (TPSA) is 0 Å². The van der Waals surface area contributed by atoms with Crippen molar-refractivity contribution in [2.24, 2.45) is 0 Å². The molecule has 0 aromatic heterocycles. The molecule has 0 saturated carbocycles. The van der Waals surface area contributed by atoms with E-state index in [-0.39, 0.29) is 20.7 Å². The van der Waals surface area contributed by atoms with E-state index in [0.717, 1.165) is 3.92 Å². The summed E-state index contributed by atoms with van der Waals surface area (Å²) in [6.45, 7) is 4.68. The summed E-state index contributed by atoms with van der Waals surface area (Å²) in [6.07, 6.45) is 21.8. The van der Waals surface area contributed by atoms with Crippen LogP contribution in [0, 0.1) is 0 Å². The smallest absolute Gasteiger partial charge is 0.0277 e. The molecular formula is C19H29I. The fraction of sp³-hybridized carbons (Fsp3) is 0.632. The number of halogens is 1. The van der Waals surface area contributed by atoms with Crippen LogP contribution in [0.5, 0.6) is 0 Å². The molecule has 0 unspecified atom stereocenters. The van der Waals surface area contributed by atoms with Gasteiger partial charge in [-0.1, -0.05) is 63.3 Å². The Morgan fingerprint density at radius 3 is 2.70 bits per heavy atom. The van der Waals surface area contributed by atoms with Gasteiger partial charge < -0.3 is 0 Å². The Labute approximate surface area is 135 Å². The van der Waals surface area contributed by atoms with Crippen molar-refractivity contribution in [2.45, 2.75) is 75.6 Å². The molecule has 2 rings (SSSR count). The maximum absolute atomic E-state index is 2.60. The van der Waals surface area contributed by atoms with E-state index in [1.807, 2.05) is 0 Å². The maximum Gasteiger partial charge on any atom is 0.0277 e. The Bertz CT molecular complexity index is 423. The molecule has 1 aliphatic carbocycles. The van der Waals surface area contributed by atoms with Crippen molar-refractivity contribution in [3.05, 3.63) is 35.5 Å².